The van der Waals surface area contributed by atoms with Crippen LogP contribution in [0.2, 0.25) is 0 Å². The Kier molecular flexibility index (Phi) is 2.32. The average Bonchev–Trinajstić information content (AvgIpc) is 2.97. The van der Waals surface area contributed by atoms with Gasteiger partial charge in [-0.3, -0.25) is 0 Å². The lowest BCUT2D eigenvalue weighted by Crippen LogP contribution is -2.24. The summed E-state index contributed by atoms with van der Waals surface area (Å²) in [6.07, 6.45) is 0.885. The third kappa shape index (κ3) is 1.68. The lowest BCUT2D eigenvalue weighted by molar-refractivity contribution is 0.0683. The molecule has 1 aliphatic heterocycles. The molecule has 0 aromatic carbocycles. The van der Waals surface area contributed by atoms with Gasteiger partial charge in [0.05, 0.1) is 6.04 Å². The largest absolute Gasteiger partial charge is 0.475 e. The first-order valence-corrected chi connectivity index (χ1v) is 6.11. The SMILES string of the molecule is O=C(O)c1nc2n(n1)C(c1cccs1)CCN2. The van der Waals surface area contributed by atoms with E-state index in [-0.39, 0.29) is 11.9 Å². The second-order valence-electron chi connectivity index (χ2n) is 3.76. The molecule has 2 aromatic heterocycles. The lowest BCUT2D eigenvalue weighted by Gasteiger charge is -2.23. The van der Waals surface area contributed by atoms with E-state index < -0.39 is 5.97 Å². The first-order chi connectivity index (χ1) is 8.25. The van der Waals surface area contributed by atoms with Gasteiger partial charge >= 0.3 is 5.97 Å². The Morgan fingerprint density at radius 3 is 3.24 bits per heavy atom. The molecule has 0 radical (unpaired) electrons. The zero-order chi connectivity index (χ0) is 11.8. The summed E-state index contributed by atoms with van der Waals surface area (Å²) in [5.74, 6) is -0.721. The smallest absolute Gasteiger partial charge is 0.375 e. The van der Waals surface area contributed by atoms with Crippen molar-refractivity contribution in [1.82, 2.24) is 14.8 Å². The molecule has 0 fully saturated rings. The summed E-state index contributed by atoms with van der Waals surface area (Å²) in [5.41, 5.74) is 0. The molecule has 7 heteroatoms. The summed E-state index contributed by atoms with van der Waals surface area (Å²) in [6.45, 7) is 0.778. The van der Waals surface area contributed by atoms with Gasteiger partial charge < -0.3 is 10.4 Å². The summed E-state index contributed by atoms with van der Waals surface area (Å²) in [5, 5.41) is 18.0. The minimum atomic E-state index is -1.10. The van der Waals surface area contributed by atoms with Crippen LogP contribution in [0.25, 0.3) is 0 Å². The van der Waals surface area contributed by atoms with Gasteiger partial charge in [0.25, 0.3) is 5.82 Å². The van der Waals surface area contributed by atoms with E-state index in [0.29, 0.717) is 5.95 Å². The van der Waals surface area contributed by atoms with Crippen LogP contribution in [-0.4, -0.2) is 32.4 Å². The highest BCUT2D eigenvalue weighted by Crippen LogP contribution is 2.30. The highest BCUT2D eigenvalue weighted by molar-refractivity contribution is 7.10. The number of nitrogens with zero attached hydrogens (tertiary/aromatic N) is 3. The van der Waals surface area contributed by atoms with Crippen LogP contribution in [0.5, 0.6) is 0 Å². The number of hydrogen-bond donors (Lipinski definition) is 2. The van der Waals surface area contributed by atoms with Crippen LogP contribution in [0.15, 0.2) is 17.5 Å². The number of fused-ring (bicyclic) bond motifs is 1. The monoisotopic (exact) mass is 250 g/mol. The molecule has 3 rings (SSSR count). The zero-order valence-corrected chi connectivity index (χ0v) is 9.65. The van der Waals surface area contributed by atoms with Crippen molar-refractivity contribution in [3.8, 4) is 0 Å². The van der Waals surface area contributed by atoms with Gasteiger partial charge in [0.1, 0.15) is 0 Å². The average molecular weight is 250 g/mol. The predicted octanol–water partition coefficient (Wildman–Crippen LogP) is 1.44. The molecule has 1 atom stereocenters. The topological polar surface area (TPSA) is 80.0 Å². The number of aromatic carboxylic acids is 1. The number of nitrogens with one attached hydrogen (secondary N) is 1. The van der Waals surface area contributed by atoms with Gasteiger partial charge in [0.15, 0.2) is 0 Å². The van der Waals surface area contributed by atoms with Crippen molar-refractivity contribution in [2.45, 2.75) is 12.5 Å². The fourth-order valence-corrected chi connectivity index (χ4v) is 2.78. The van der Waals surface area contributed by atoms with Crippen molar-refractivity contribution in [1.29, 1.82) is 0 Å². The number of rotatable bonds is 2. The summed E-state index contributed by atoms with van der Waals surface area (Å²) >= 11 is 1.65. The number of carboxylic acid groups (broad SMARTS) is 1. The Balaban J connectivity index is 2.04. The van der Waals surface area contributed by atoms with Crippen LogP contribution < -0.4 is 5.32 Å². The highest BCUT2D eigenvalue weighted by Gasteiger charge is 2.26. The standard InChI is InChI=1S/C10H10N4O2S/c15-9(16)8-12-10-11-4-3-6(14(10)13-8)7-2-1-5-17-7/h1-2,5-6H,3-4H2,(H,15,16)(H,11,12,13). The molecule has 0 spiro atoms. The molecule has 2 N–H and O–H groups in total. The lowest BCUT2D eigenvalue weighted by atomic mass is 10.1. The van der Waals surface area contributed by atoms with Gasteiger partial charge in [0.2, 0.25) is 5.95 Å². The molecule has 3 heterocycles. The molecule has 0 amide bonds. The second-order valence-corrected chi connectivity index (χ2v) is 4.73. The van der Waals surface area contributed by atoms with Crippen molar-refractivity contribution in [2.24, 2.45) is 0 Å². The molecule has 6 nitrogen and oxygen atoms in total. The van der Waals surface area contributed by atoms with Gasteiger partial charge in [-0.05, 0) is 17.9 Å². The van der Waals surface area contributed by atoms with Crippen molar-refractivity contribution >= 4 is 23.3 Å². The van der Waals surface area contributed by atoms with Crippen molar-refractivity contribution < 1.29 is 9.90 Å². The molecule has 88 valence electrons. The van der Waals surface area contributed by atoms with Crippen molar-refractivity contribution in [2.75, 3.05) is 11.9 Å². The Hall–Kier alpha value is -1.89. The van der Waals surface area contributed by atoms with Gasteiger partial charge in [-0.1, -0.05) is 6.07 Å². The first kappa shape index (κ1) is 10.3. The maximum Gasteiger partial charge on any atom is 0.375 e. The zero-order valence-electron chi connectivity index (χ0n) is 8.83. The van der Waals surface area contributed by atoms with E-state index in [1.54, 1.807) is 16.0 Å². The van der Waals surface area contributed by atoms with E-state index >= 15 is 0 Å². The van der Waals surface area contributed by atoms with E-state index in [1.807, 2.05) is 17.5 Å². The summed E-state index contributed by atoms with van der Waals surface area (Å²) in [4.78, 5) is 16.0. The van der Waals surface area contributed by atoms with Crippen LogP contribution in [0, 0.1) is 0 Å². The molecule has 0 saturated heterocycles. The van der Waals surface area contributed by atoms with E-state index in [0.717, 1.165) is 13.0 Å². The molecule has 0 aliphatic carbocycles. The van der Waals surface area contributed by atoms with Gasteiger partial charge in [-0.25, -0.2) is 9.48 Å². The van der Waals surface area contributed by atoms with Crippen LogP contribution in [0.4, 0.5) is 5.95 Å². The number of hydrogen-bond acceptors (Lipinski definition) is 5. The Morgan fingerprint density at radius 1 is 1.65 bits per heavy atom. The molecule has 0 saturated carbocycles. The van der Waals surface area contributed by atoms with Crippen LogP contribution >= 0.6 is 11.3 Å². The number of carbonyl (C=O) groups is 1. The molecular weight excluding hydrogens is 240 g/mol. The molecule has 1 unspecified atom stereocenters. The molecule has 17 heavy (non-hydrogen) atoms. The van der Waals surface area contributed by atoms with Crippen LogP contribution in [-0.2, 0) is 0 Å². The van der Waals surface area contributed by atoms with E-state index in [9.17, 15) is 4.79 Å². The Labute approximate surface area is 101 Å². The van der Waals surface area contributed by atoms with Crippen LogP contribution in [0.1, 0.15) is 28.0 Å². The Bertz CT molecular complexity index is 549. The quantitative estimate of drug-likeness (QED) is 0.843. The fraction of sp³-hybridized carbons (Fsp3) is 0.300. The summed E-state index contributed by atoms with van der Waals surface area (Å²) in [7, 11) is 0. The third-order valence-electron chi connectivity index (χ3n) is 2.69. The molecule has 2 aromatic rings. The molecule has 0 bridgehead atoms. The highest BCUT2D eigenvalue weighted by atomic mass is 32.1. The Morgan fingerprint density at radius 2 is 2.53 bits per heavy atom. The first-order valence-electron chi connectivity index (χ1n) is 5.23. The van der Waals surface area contributed by atoms with Gasteiger partial charge in [-0.2, -0.15) is 4.98 Å². The summed E-state index contributed by atoms with van der Waals surface area (Å²) < 4.78 is 1.67. The summed E-state index contributed by atoms with van der Waals surface area (Å²) in [6, 6.07) is 4.11. The predicted molar refractivity (Wildman–Crippen MR) is 62.5 cm³/mol. The van der Waals surface area contributed by atoms with Gasteiger partial charge in [-0.15, -0.1) is 16.4 Å². The normalized spacial score (nSPS) is 18.5. The number of thiophene rings is 1. The van der Waals surface area contributed by atoms with Crippen molar-refractivity contribution in [3.63, 3.8) is 0 Å². The molecule has 1 aliphatic rings. The minimum Gasteiger partial charge on any atom is -0.475 e. The van der Waals surface area contributed by atoms with E-state index in [1.165, 1.54) is 4.88 Å². The third-order valence-corrected chi connectivity index (χ3v) is 3.66. The van der Waals surface area contributed by atoms with Crippen LogP contribution in [0.3, 0.4) is 0 Å². The minimum absolute atomic E-state index is 0.0897. The van der Waals surface area contributed by atoms with Gasteiger partial charge in [0, 0.05) is 11.4 Å². The van der Waals surface area contributed by atoms with E-state index in [2.05, 4.69) is 15.4 Å². The fourth-order valence-electron chi connectivity index (χ4n) is 1.94. The number of anilines is 1. The van der Waals surface area contributed by atoms with Crippen molar-refractivity contribution in [3.05, 3.63) is 28.2 Å². The van der Waals surface area contributed by atoms with E-state index in [4.69, 9.17) is 5.11 Å². The number of aromatic nitrogens is 3. The maximum atomic E-state index is 10.8. The second kappa shape index (κ2) is 3.85. The number of carboxylic acids is 1. The molecular formula is C10H10N4O2S. The maximum absolute atomic E-state index is 10.8.